The van der Waals surface area contributed by atoms with Crippen molar-refractivity contribution in [3.05, 3.63) is 58.0 Å². The van der Waals surface area contributed by atoms with Crippen molar-refractivity contribution in [1.82, 2.24) is 4.98 Å². The molecule has 2 heterocycles. The van der Waals surface area contributed by atoms with Crippen molar-refractivity contribution in [2.75, 3.05) is 25.2 Å². The Labute approximate surface area is 169 Å². The monoisotopic (exact) mass is 457 g/mol. The van der Waals surface area contributed by atoms with Crippen LogP contribution in [0.3, 0.4) is 0 Å². The van der Waals surface area contributed by atoms with Gasteiger partial charge >= 0.3 is 0 Å². The molecule has 144 valence electrons. The normalized spacial score (nSPS) is 20.4. The van der Waals surface area contributed by atoms with Crippen molar-refractivity contribution in [2.24, 2.45) is 16.5 Å². The quantitative estimate of drug-likeness (QED) is 0.344. The highest BCUT2D eigenvalue weighted by Gasteiger charge is 2.38. The van der Waals surface area contributed by atoms with Gasteiger partial charge in [-0.15, -0.1) is 0 Å². The zero-order valence-corrected chi connectivity index (χ0v) is 16.6. The number of ether oxygens (including phenoxy) is 1. The number of anilines is 1. The minimum absolute atomic E-state index is 0.0438. The van der Waals surface area contributed by atoms with Crippen LogP contribution in [0, 0.1) is 0 Å². The van der Waals surface area contributed by atoms with E-state index < -0.39 is 18.1 Å². The Bertz CT molecular complexity index is 843. The first-order valence-electron chi connectivity index (χ1n) is 7.71. The lowest BCUT2D eigenvalue weighted by molar-refractivity contribution is -0.112. The van der Waals surface area contributed by atoms with E-state index in [2.05, 4.69) is 37.8 Å². The Hall–Kier alpha value is -2.23. The van der Waals surface area contributed by atoms with E-state index in [-0.39, 0.29) is 35.3 Å². The van der Waals surface area contributed by atoms with Crippen molar-refractivity contribution in [1.29, 1.82) is 0 Å². The topological polar surface area (TPSA) is 116 Å². The molecule has 1 aromatic heterocycles. The Kier molecular flexibility index (Phi) is 7.11. The summed E-state index contributed by atoms with van der Waals surface area (Å²) in [6, 6.07) is 1.49. The molecule has 0 radical (unpaired) electrons. The minimum atomic E-state index is -1.40. The largest absolute Gasteiger partial charge is 0.404 e. The molecule has 0 saturated carbocycles. The summed E-state index contributed by atoms with van der Waals surface area (Å²) < 4.78 is 19.7. The van der Waals surface area contributed by atoms with Gasteiger partial charge in [0.15, 0.2) is 0 Å². The van der Waals surface area contributed by atoms with E-state index in [1.54, 1.807) is 6.08 Å². The van der Waals surface area contributed by atoms with Gasteiger partial charge in [-0.05, 0) is 34.1 Å². The van der Waals surface area contributed by atoms with Crippen LogP contribution in [0.2, 0.25) is 5.15 Å². The van der Waals surface area contributed by atoms with Gasteiger partial charge in [0.25, 0.3) is 5.91 Å². The molecular formula is C17H18BrClFN5O2. The molecule has 1 aliphatic rings. The predicted octanol–water partition coefficient (Wildman–Crippen LogP) is 2.53. The molecular weight excluding hydrogens is 441 g/mol. The lowest BCUT2D eigenvalue weighted by Gasteiger charge is -2.31. The van der Waals surface area contributed by atoms with E-state index in [9.17, 15) is 9.18 Å². The van der Waals surface area contributed by atoms with Crippen LogP contribution >= 0.6 is 27.5 Å². The van der Waals surface area contributed by atoms with Crippen LogP contribution < -0.4 is 16.8 Å². The summed E-state index contributed by atoms with van der Waals surface area (Å²) in [6.07, 6.45) is 5.73. The van der Waals surface area contributed by atoms with Crippen LogP contribution in [0.5, 0.6) is 0 Å². The first-order chi connectivity index (χ1) is 12.8. The number of aromatic nitrogens is 1. The van der Waals surface area contributed by atoms with E-state index in [0.717, 1.165) is 0 Å². The number of carbonyl (C=O) groups excluding carboxylic acids is 1. The van der Waals surface area contributed by atoms with Crippen LogP contribution in [0.25, 0.3) is 0 Å². The Morgan fingerprint density at radius 1 is 1.56 bits per heavy atom. The fourth-order valence-corrected chi connectivity index (χ4v) is 2.72. The summed E-state index contributed by atoms with van der Waals surface area (Å²) in [7, 11) is 0. The summed E-state index contributed by atoms with van der Waals surface area (Å²) in [5.74, 6) is -0.322. The minimum Gasteiger partial charge on any atom is -0.404 e. The third kappa shape index (κ3) is 5.15. The molecule has 0 fully saturated rings. The van der Waals surface area contributed by atoms with Gasteiger partial charge in [-0.1, -0.05) is 18.2 Å². The van der Waals surface area contributed by atoms with Gasteiger partial charge < -0.3 is 21.5 Å². The number of amides is 1. The first kappa shape index (κ1) is 21.1. The van der Waals surface area contributed by atoms with Crippen LogP contribution in [0.15, 0.2) is 52.2 Å². The van der Waals surface area contributed by atoms with Crippen LogP contribution in [0.4, 0.5) is 10.1 Å². The van der Waals surface area contributed by atoms with E-state index >= 15 is 0 Å². The zero-order valence-electron chi connectivity index (χ0n) is 14.2. The molecule has 10 heteroatoms. The molecule has 0 spiro atoms. The number of nitrogens with one attached hydrogen (secondary N) is 1. The summed E-state index contributed by atoms with van der Waals surface area (Å²) >= 11 is 9.32. The Morgan fingerprint density at radius 3 is 2.93 bits per heavy atom. The van der Waals surface area contributed by atoms with Crippen molar-refractivity contribution in [3.63, 3.8) is 0 Å². The van der Waals surface area contributed by atoms with E-state index in [0.29, 0.717) is 10.2 Å². The average Bonchev–Trinajstić information content (AvgIpc) is 2.66. The number of nitrogens with zero attached hydrogens (tertiary/aromatic N) is 2. The number of hydrogen-bond donors (Lipinski definition) is 3. The molecule has 1 amide bonds. The van der Waals surface area contributed by atoms with Gasteiger partial charge in [-0.2, -0.15) is 0 Å². The molecule has 0 bridgehead atoms. The molecule has 5 N–H and O–H groups in total. The first-order valence-corrected chi connectivity index (χ1v) is 8.88. The molecule has 2 rings (SSSR count). The number of amidine groups is 1. The number of aliphatic imine (C=N–C) groups is 1. The number of pyridine rings is 1. The number of allylic oxidation sites excluding steroid dienone is 2. The van der Waals surface area contributed by atoms with Gasteiger partial charge in [-0.3, -0.25) is 9.79 Å². The number of nitrogens with two attached hydrogens (primary N) is 2. The Balaban J connectivity index is 2.27. The number of carbonyl (C=O) groups is 1. The number of hydrogen-bond acceptors (Lipinski definition) is 6. The third-order valence-electron chi connectivity index (χ3n) is 3.66. The second kappa shape index (κ2) is 9.12. The van der Waals surface area contributed by atoms with Crippen molar-refractivity contribution >= 4 is 45.0 Å². The summed E-state index contributed by atoms with van der Waals surface area (Å²) in [5.41, 5.74) is 10.4. The SMILES string of the molecule is C=C(/C=C\C(Br)=C/N)C(=O)Nc1cnc(Cl)c(C2(CF)COCC(N)=N2)c1. The highest BCUT2D eigenvalue weighted by atomic mass is 79.9. The maximum Gasteiger partial charge on any atom is 0.255 e. The van der Waals surface area contributed by atoms with Crippen LogP contribution in [0.1, 0.15) is 5.56 Å². The standard InChI is InChI=1S/C17H18BrClFN5O2/c1-10(2-3-11(18)5-21)16(26)24-12-4-13(15(19)23-6-12)17(8-20)9-27-7-14(22)25-17/h2-6H,1,7-9,21H2,(H2,22,25)(H,24,26)/b3-2-,11-5+. The number of alkyl halides is 1. The fourth-order valence-electron chi connectivity index (χ4n) is 2.31. The maximum atomic E-state index is 13.8. The summed E-state index contributed by atoms with van der Waals surface area (Å²) in [4.78, 5) is 20.4. The van der Waals surface area contributed by atoms with E-state index in [4.69, 9.17) is 27.8 Å². The van der Waals surface area contributed by atoms with Crippen molar-refractivity contribution in [2.45, 2.75) is 5.54 Å². The molecule has 0 aromatic carbocycles. The fraction of sp³-hybridized carbons (Fsp3) is 0.235. The molecule has 1 atom stereocenters. The van der Waals surface area contributed by atoms with Gasteiger partial charge in [0.05, 0.1) is 18.5 Å². The smallest absolute Gasteiger partial charge is 0.255 e. The van der Waals surface area contributed by atoms with Gasteiger partial charge in [0.1, 0.15) is 29.8 Å². The van der Waals surface area contributed by atoms with Gasteiger partial charge in [0.2, 0.25) is 0 Å². The van der Waals surface area contributed by atoms with Crippen LogP contribution in [-0.4, -0.2) is 36.6 Å². The lowest BCUT2D eigenvalue weighted by atomic mass is 9.93. The van der Waals surface area contributed by atoms with E-state index in [1.165, 1.54) is 24.5 Å². The van der Waals surface area contributed by atoms with Crippen molar-refractivity contribution in [3.8, 4) is 0 Å². The summed E-state index contributed by atoms with van der Waals surface area (Å²) in [5, 5.41) is 2.67. The third-order valence-corrected chi connectivity index (χ3v) is 4.49. The second-order valence-corrected chi connectivity index (χ2v) is 6.96. The van der Waals surface area contributed by atoms with Gasteiger partial charge in [-0.25, -0.2) is 9.37 Å². The maximum absolute atomic E-state index is 13.8. The Morgan fingerprint density at radius 2 is 2.30 bits per heavy atom. The number of halogens is 3. The summed E-state index contributed by atoms with van der Waals surface area (Å²) in [6.45, 7) is 2.86. The lowest BCUT2D eigenvalue weighted by Crippen LogP contribution is -2.41. The zero-order chi connectivity index (χ0) is 20.0. The molecule has 7 nitrogen and oxygen atoms in total. The van der Waals surface area contributed by atoms with Gasteiger partial charge in [0, 0.05) is 21.8 Å². The van der Waals surface area contributed by atoms with Crippen LogP contribution in [-0.2, 0) is 15.1 Å². The average molecular weight is 459 g/mol. The second-order valence-electron chi connectivity index (χ2n) is 5.69. The number of rotatable bonds is 6. The molecule has 1 aliphatic heterocycles. The molecule has 0 saturated heterocycles. The highest BCUT2D eigenvalue weighted by Crippen LogP contribution is 2.35. The molecule has 1 unspecified atom stereocenters. The van der Waals surface area contributed by atoms with E-state index in [1.807, 2.05) is 0 Å². The molecule has 27 heavy (non-hydrogen) atoms. The van der Waals surface area contributed by atoms with Crippen molar-refractivity contribution < 1.29 is 13.9 Å². The predicted molar refractivity (Wildman–Crippen MR) is 107 cm³/mol. The highest BCUT2D eigenvalue weighted by molar-refractivity contribution is 9.11. The molecule has 1 aromatic rings. The molecule has 0 aliphatic carbocycles.